The lowest BCUT2D eigenvalue weighted by Gasteiger charge is -2.37. The van der Waals surface area contributed by atoms with Gasteiger partial charge in [0.25, 0.3) is 0 Å². The highest BCUT2D eigenvalue weighted by Crippen LogP contribution is 2.42. The molecule has 0 aliphatic heterocycles. The van der Waals surface area contributed by atoms with E-state index in [2.05, 4.69) is 0 Å². The minimum Gasteiger partial charge on any atom is -0.478 e. The Kier molecular flexibility index (Phi) is 5.16. The smallest absolute Gasteiger partial charge is 0.348 e. The van der Waals surface area contributed by atoms with Crippen LogP contribution in [0.25, 0.3) is 0 Å². The van der Waals surface area contributed by atoms with Crippen molar-refractivity contribution in [3.05, 3.63) is 49.6 Å². The average Bonchev–Trinajstić information content (AvgIpc) is 2.45. The topological polar surface area (TPSA) is 89.7 Å². The average molecular weight is 360 g/mol. The van der Waals surface area contributed by atoms with Gasteiger partial charge in [0.05, 0.1) is 16.4 Å². The Morgan fingerprint density at radius 1 is 1.43 bits per heavy atom. The largest absolute Gasteiger partial charge is 0.478 e. The van der Waals surface area contributed by atoms with E-state index < -0.39 is 16.5 Å². The molecule has 1 N–H and O–H groups in total. The normalized spacial score (nSPS) is 16.6. The number of halogens is 2. The molecule has 2 rings (SSSR count). The molecule has 0 unspecified atom stereocenters. The predicted octanol–water partition coefficient (Wildman–Crippen LogP) is 4.10. The number of nitrogens with zero attached hydrogens (tertiary/aromatic N) is 1. The zero-order valence-electron chi connectivity index (χ0n) is 12.3. The monoisotopic (exact) mass is 359 g/mol. The third-order valence-electron chi connectivity index (χ3n) is 3.92. The Bertz CT molecular complexity index is 683. The number of aliphatic carboxylic acids is 1. The molecular weight excluding hydrogens is 345 g/mol. The summed E-state index contributed by atoms with van der Waals surface area (Å²) in [5.74, 6) is -0.866. The second kappa shape index (κ2) is 6.76. The molecule has 0 bridgehead atoms. The summed E-state index contributed by atoms with van der Waals surface area (Å²) in [6, 6.07) is 3.06. The van der Waals surface area contributed by atoms with Crippen LogP contribution in [-0.4, -0.2) is 21.6 Å². The number of benzene rings is 1. The van der Waals surface area contributed by atoms with Gasteiger partial charge in [-0.1, -0.05) is 29.3 Å². The van der Waals surface area contributed by atoms with Crippen molar-refractivity contribution in [2.75, 3.05) is 0 Å². The molecule has 1 aliphatic carbocycles. The highest BCUT2D eigenvalue weighted by Gasteiger charge is 2.47. The van der Waals surface area contributed by atoms with Crippen LogP contribution in [0.5, 0.6) is 5.75 Å². The van der Waals surface area contributed by atoms with Gasteiger partial charge in [-0.15, -0.1) is 0 Å². The van der Waals surface area contributed by atoms with Gasteiger partial charge in [0.2, 0.25) is 11.3 Å². The minimum atomic E-state index is -1.26. The lowest BCUT2D eigenvalue weighted by atomic mass is 9.80. The van der Waals surface area contributed by atoms with E-state index in [1.54, 1.807) is 13.0 Å². The Labute approximate surface area is 142 Å². The van der Waals surface area contributed by atoms with Gasteiger partial charge in [-0.05, 0) is 43.9 Å². The van der Waals surface area contributed by atoms with E-state index in [-0.39, 0.29) is 27.9 Å². The van der Waals surface area contributed by atoms with Crippen molar-refractivity contribution in [1.29, 1.82) is 0 Å². The summed E-state index contributed by atoms with van der Waals surface area (Å²) in [7, 11) is 0. The number of carboxylic acids is 1. The summed E-state index contributed by atoms with van der Waals surface area (Å²) >= 11 is 12.3. The number of hydrogen-bond donors (Lipinski definition) is 1. The number of carboxylic acid groups (broad SMARTS) is 1. The molecule has 1 saturated carbocycles. The summed E-state index contributed by atoms with van der Waals surface area (Å²) in [5, 5.41) is 20.4. The standard InChI is InChI=1S/C15H15Cl2NO5/c1-2-10(18(21)22)8-9-4-5-11(13(17)12(9)16)23-15(14(19)20)6-3-7-15/h2,4-5H,3,6-8H2,1H3,(H,19,20)/b10-2-. The first-order chi connectivity index (χ1) is 10.8. The van der Waals surface area contributed by atoms with E-state index in [0.29, 0.717) is 18.4 Å². The molecule has 0 atom stereocenters. The van der Waals surface area contributed by atoms with Crippen molar-refractivity contribution in [1.82, 2.24) is 0 Å². The summed E-state index contributed by atoms with van der Waals surface area (Å²) in [6.07, 6.45) is 2.99. The fourth-order valence-electron chi connectivity index (χ4n) is 2.32. The van der Waals surface area contributed by atoms with Crippen LogP contribution in [0.3, 0.4) is 0 Å². The van der Waals surface area contributed by atoms with E-state index >= 15 is 0 Å². The van der Waals surface area contributed by atoms with Gasteiger partial charge in [-0.25, -0.2) is 4.79 Å². The van der Waals surface area contributed by atoms with Crippen molar-refractivity contribution < 1.29 is 19.6 Å². The van der Waals surface area contributed by atoms with Crippen LogP contribution in [0.15, 0.2) is 23.9 Å². The Balaban J connectivity index is 2.27. The molecule has 0 aromatic heterocycles. The Hall–Kier alpha value is -1.79. The van der Waals surface area contributed by atoms with Crippen LogP contribution < -0.4 is 4.74 Å². The molecule has 0 radical (unpaired) electrons. The first-order valence-corrected chi connectivity index (χ1v) is 7.75. The number of hydrogen-bond acceptors (Lipinski definition) is 4. The molecule has 23 heavy (non-hydrogen) atoms. The molecule has 1 fully saturated rings. The van der Waals surface area contributed by atoms with Crippen LogP contribution >= 0.6 is 23.2 Å². The van der Waals surface area contributed by atoms with E-state index in [1.165, 1.54) is 12.1 Å². The molecule has 1 aromatic rings. The van der Waals surface area contributed by atoms with Crippen LogP contribution in [0.2, 0.25) is 10.0 Å². The summed E-state index contributed by atoms with van der Waals surface area (Å²) in [4.78, 5) is 21.7. The maximum atomic E-state index is 11.3. The van der Waals surface area contributed by atoms with Crippen molar-refractivity contribution in [2.24, 2.45) is 0 Å². The molecule has 1 aromatic carbocycles. The van der Waals surface area contributed by atoms with Crippen LogP contribution in [0.1, 0.15) is 31.7 Å². The van der Waals surface area contributed by atoms with Crippen molar-refractivity contribution >= 4 is 29.2 Å². The molecule has 0 heterocycles. The fraction of sp³-hybridized carbons (Fsp3) is 0.400. The van der Waals surface area contributed by atoms with Gasteiger partial charge < -0.3 is 9.84 Å². The maximum Gasteiger partial charge on any atom is 0.348 e. The lowest BCUT2D eigenvalue weighted by Crippen LogP contribution is -2.50. The van der Waals surface area contributed by atoms with E-state index in [0.717, 1.165) is 6.42 Å². The van der Waals surface area contributed by atoms with Crippen LogP contribution in [0, 0.1) is 10.1 Å². The first-order valence-electron chi connectivity index (χ1n) is 6.99. The second-order valence-corrected chi connectivity index (χ2v) is 6.08. The minimum absolute atomic E-state index is 0.00219. The van der Waals surface area contributed by atoms with Gasteiger partial charge in [-0.2, -0.15) is 0 Å². The number of carbonyl (C=O) groups is 1. The van der Waals surface area contributed by atoms with Crippen LogP contribution in [0.4, 0.5) is 0 Å². The van der Waals surface area contributed by atoms with Crippen molar-refractivity contribution in [3.63, 3.8) is 0 Å². The van der Waals surface area contributed by atoms with Crippen LogP contribution in [-0.2, 0) is 11.2 Å². The molecular formula is C15H15Cl2NO5. The van der Waals surface area contributed by atoms with Crippen molar-refractivity contribution in [2.45, 2.75) is 38.2 Å². The summed E-state index contributed by atoms with van der Waals surface area (Å²) in [5.41, 5.74) is -0.784. The molecule has 8 heteroatoms. The fourth-order valence-corrected chi connectivity index (χ4v) is 2.77. The van der Waals surface area contributed by atoms with Gasteiger partial charge in [0, 0.05) is 0 Å². The third-order valence-corrected chi connectivity index (χ3v) is 4.83. The maximum absolute atomic E-state index is 11.3. The molecule has 0 saturated heterocycles. The van der Waals surface area contributed by atoms with Crippen molar-refractivity contribution in [3.8, 4) is 5.75 Å². The van der Waals surface area contributed by atoms with Gasteiger partial charge in [0.15, 0.2) is 0 Å². The SMILES string of the molecule is C/C=C(/Cc1ccc(OC2(C(=O)O)CCC2)c(Cl)c1Cl)[N+](=O)[O-]. The second-order valence-electron chi connectivity index (χ2n) is 5.32. The van der Waals surface area contributed by atoms with E-state index in [4.69, 9.17) is 27.9 Å². The van der Waals surface area contributed by atoms with Gasteiger partial charge in [0.1, 0.15) is 10.8 Å². The molecule has 1 aliphatic rings. The highest BCUT2D eigenvalue weighted by atomic mass is 35.5. The third kappa shape index (κ3) is 3.43. The Morgan fingerprint density at radius 3 is 2.52 bits per heavy atom. The molecule has 6 nitrogen and oxygen atoms in total. The quantitative estimate of drug-likeness (QED) is 0.609. The number of nitro groups is 1. The lowest BCUT2D eigenvalue weighted by molar-refractivity contribution is -0.427. The molecule has 0 amide bonds. The highest BCUT2D eigenvalue weighted by molar-refractivity contribution is 6.43. The van der Waals surface area contributed by atoms with E-state index in [1.807, 2.05) is 0 Å². The molecule has 124 valence electrons. The zero-order valence-corrected chi connectivity index (χ0v) is 13.9. The Morgan fingerprint density at radius 2 is 2.09 bits per heavy atom. The summed E-state index contributed by atoms with van der Waals surface area (Å²) in [6.45, 7) is 1.57. The number of ether oxygens (including phenoxy) is 1. The number of rotatable bonds is 6. The zero-order chi connectivity index (χ0) is 17.2. The van der Waals surface area contributed by atoms with Gasteiger partial charge >= 0.3 is 5.97 Å². The predicted molar refractivity (Wildman–Crippen MR) is 85.8 cm³/mol. The summed E-state index contributed by atoms with van der Waals surface area (Å²) < 4.78 is 5.58. The first kappa shape index (κ1) is 17.6. The van der Waals surface area contributed by atoms with E-state index in [9.17, 15) is 20.0 Å². The number of allylic oxidation sites excluding steroid dienone is 2. The van der Waals surface area contributed by atoms with Gasteiger partial charge in [-0.3, -0.25) is 10.1 Å². The molecule has 0 spiro atoms.